The molecule has 0 spiro atoms. The summed E-state index contributed by atoms with van der Waals surface area (Å²) >= 11 is 0. The number of rotatable bonds is 9. The Kier molecular flexibility index (Phi) is 19.8. The summed E-state index contributed by atoms with van der Waals surface area (Å²) in [6, 6.07) is 4.95. The lowest BCUT2D eigenvalue weighted by Gasteiger charge is -2.50. The molecule has 18 N–H and O–H groups in total. The molecular formula is C43H64O33. The van der Waals surface area contributed by atoms with Gasteiger partial charge in [0.05, 0.1) is 39.6 Å². The van der Waals surface area contributed by atoms with Crippen LogP contribution in [0.5, 0.6) is 5.75 Å². The van der Waals surface area contributed by atoms with Crippen molar-refractivity contribution in [2.75, 3.05) is 39.6 Å². The molecule has 23 rings (SSSR count). The van der Waals surface area contributed by atoms with E-state index in [-0.39, 0.29) is 0 Å². The number of aliphatic hydroxyl groups is 17. The monoisotopic (exact) mass is 1110 g/mol. The predicted octanol–water partition coefficient (Wildman–Crippen LogP) is -11.6. The minimum atomic E-state index is -2.31. The number of aromatic hydroxyl groups is 1. The van der Waals surface area contributed by atoms with Crippen LogP contribution in [0.15, 0.2) is 24.3 Å². The van der Waals surface area contributed by atoms with Crippen LogP contribution in [0, 0.1) is 0 Å². The van der Waals surface area contributed by atoms with Crippen molar-refractivity contribution in [2.45, 2.75) is 184 Å². The Morgan fingerprint density at radius 2 is 0.605 bits per heavy atom. The van der Waals surface area contributed by atoms with Gasteiger partial charge < -0.3 is 149 Å². The Balaban J connectivity index is 1.12. The minimum Gasteiger partial charge on any atom is -0.507 e. The largest absolute Gasteiger partial charge is 0.507 e. The van der Waals surface area contributed by atoms with E-state index in [0.29, 0.717) is 0 Å². The van der Waals surface area contributed by atoms with Crippen LogP contribution >= 0.6 is 0 Å². The van der Waals surface area contributed by atoms with Crippen molar-refractivity contribution in [1.82, 2.24) is 0 Å². The zero-order chi connectivity index (χ0) is 55.0. The van der Waals surface area contributed by atoms with Crippen LogP contribution in [0.2, 0.25) is 0 Å². The lowest BCUT2D eigenvalue weighted by molar-refractivity contribution is -0.419. The smallest absolute Gasteiger partial charge is 0.376 e. The highest BCUT2D eigenvalue weighted by Crippen LogP contribution is 2.39. The summed E-state index contributed by atoms with van der Waals surface area (Å²) in [5.41, 5.74) is -0.462. The maximum atomic E-state index is 13.2. The molecule has 0 radical (unpaired) electrons. The summed E-state index contributed by atoms with van der Waals surface area (Å²) in [6.45, 7) is -6.36. The van der Waals surface area contributed by atoms with Gasteiger partial charge in [-0.3, -0.25) is 4.89 Å². The van der Waals surface area contributed by atoms with Crippen LogP contribution in [-0.4, -0.2) is 322 Å². The fraction of sp³-hybridized carbons (Fsp3) is 0.837. The van der Waals surface area contributed by atoms with Gasteiger partial charge in [0.2, 0.25) is 0 Å². The number of phenolic OH excluding ortho intramolecular Hbond substituents is 1. The lowest BCUT2D eigenvalue weighted by atomic mass is 9.94. The van der Waals surface area contributed by atoms with Crippen molar-refractivity contribution in [1.29, 1.82) is 0 Å². The number of carbonyl (C=O) groups is 1. The van der Waals surface area contributed by atoms with Crippen LogP contribution < -0.4 is 0 Å². The average molecular weight is 1110 g/mol. The number of hydrogen-bond acceptors (Lipinski definition) is 33. The summed E-state index contributed by atoms with van der Waals surface area (Å²) in [5, 5.41) is 198. The van der Waals surface area contributed by atoms with Crippen molar-refractivity contribution in [3.63, 3.8) is 0 Å². The third-order valence-corrected chi connectivity index (χ3v) is 14.0. The third kappa shape index (κ3) is 11.7. The number of phenols is 1. The summed E-state index contributed by atoms with van der Waals surface area (Å²) < 4.78 is 68.9. The van der Waals surface area contributed by atoms with Crippen molar-refractivity contribution in [3.8, 4) is 5.75 Å². The van der Waals surface area contributed by atoms with E-state index in [1.807, 2.05) is 0 Å². The summed E-state index contributed by atoms with van der Waals surface area (Å²) in [6.07, 6.45) is -60.9. The number of ether oxygens (including phenoxy) is 12. The topological polar surface area (TPSA) is 510 Å². The van der Waals surface area contributed by atoms with Gasteiger partial charge in [-0.15, -0.1) is 0 Å². The molecule has 12 bridgehead atoms. The van der Waals surface area contributed by atoms with Gasteiger partial charge in [-0.05, 0) is 12.1 Å². The highest BCUT2D eigenvalue weighted by Gasteiger charge is 2.59. The normalized spacial score (nSPS) is 49.5. The van der Waals surface area contributed by atoms with Crippen LogP contribution in [0.3, 0.4) is 0 Å². The first-order valence-electron chi connectivity index (χ1n) is 24.0. The predicted molar refractivity (Wildman–Crippen MR) is 228 cm³/mol. The number of hydrogen-bond donors (Lipinski definition) is 18. The molecule has 22 heterocycles. The zero-order valence-corrected chi connectivity index (χ0v) is 39.5. The molecule has 0 saturated carbocycles. The van der Waals surface area contributed by atoms with E-state index in [2.05, 4.69) is 0 Å². The molecule has 30 atom stereocenters. The average Bonchev–Trinajstić information content (AvgIpc) is 3.41. The second-order valence-corrected chi connectivity index (χ2v) is 18.8. The molecule has 0 unspecified atom stereocenters. The van der Waals surface area contributed by atoms with Crippen LogP contribution in [0.4, 0.5) is 0 Å². The molecular weight excluding hydrogens is 1040 g/mol. The molecule has 1 aromatic rings. The number of carbonyl (C=O) groups excluding carboxylic acids is 1. The van der Waals surface area contributed by atoms with Crippen LogP contribution in [0.1, 0.15) is 10.4 Å². The third-order valence-electron chi connectivity index (χ3n) is 14.0. The van der Waals surface area contributed by atoms with Gasteiger partial charge in [-0.2, -0.15) is 4.89 Å². The standard InChI is InChI=1S/C43H64O33/c44-5-13-30-19(51)24(56)38(63-13)70-31-14(6-45)65-40(26(58)21(31)53)72-33-16(8-47)67-42(28(60)23(33)55)74-35-18(10-49)68-43(29(61)36(35)75-76-37(62)11-3-1-2-4-12(11)50)73-34-17(9-48)66-41(27(59)22(34)54)71-32-15(7-46)64-39(69-30)25(57)20(32)52/h1-4,13-36,38-61H,5-10H2/t13-,14-,15-,16-,17-,18-,19-,20-,21-,22-,23-,24-,25-,26-,27-,28-,29-,30-,31-,32-,33-,34-,35+,36-,38-,39-,40-,41-,42-,43-/m1/s1. The minimum absolute atomic E-state index is 0.462. The lowest BCUT2D eigenvalue weighted by Crippen LogP contribution is -2.69. The molecule has 76 heavy (non-hydrogen) atoms. The Hall–Kier alpha value is -2.71. The molecule has 434 valence electrons. The van der Waals surface area contributed by atoms with Gasteiger partial charge in [0.1, 0.15) is 152 Å². The number of aliphatic hydroxyl groups excluding tert-OH is 17. The first kappa shape index (κ1) is 59.4. The molecule has 22 aliphatic rings. The van der Waals surface area contributed by atoms with Gasteiger partial charge in [0, 0.05) is 0 Å². The Morgan fingerprint density at radius 3 is 0.882 bits per heavy atom. The van der Waals surface area contributed by atoms with Gasteiger partial charge >= 0.3 is 5.97 Å². The number of para-hydroxylation sites is 1. The van der Waals surface area contributed by atoms with Gasteiger partial charge in [0.15, 0.2) is 43.8 Å². The summed E-state index contributed by atoms with van der Waals surface area (Å²) in [7, 11) is 0. The van der Waals surface area contributed by atoms with Crippen LogP contribution in [0.25, 0.3) is 0 Å². The SMILES string of the molecule is O=C(OO[C@@H]1[C@@H](O)[C@H]2O[C@H]3[C@H](O)[C@@H](O)[C@@H](O[C@H]4[C@H](O)[C@@H](O)[C@@H](O[C@H]5[C@H](O)[C@@H](O)[C@@H](O[C@H]6[C@H](O)[C@@H](O)[C@@H](O[C@H]7[C@H](O)[C@@H](O)[C@@H](O[C@H]1[C@@H](CO)O2)O[C@@H]7CO)O[C@@H]6CO)O[C@@H]5CO)O[C@@H]4CO)O[C@@H]3CO)c1ccccc1O. The quantitative estimate of drug-likeness (QED) is 0.0806. The number of benzene rings is 1. The molecule has 0 aliphatic carbocycles. The van der Waals surface area contributed by atoms with Gasteiger partial charge in [-0.25, -0.2) is 4.79 Å². The van der Waals surface area contributed by atoms with E-state index < -0.39 is 241 Å². The van der Waals surface area contributed by atoms with Crippen molar-refractivity contribution >= 4 is 5.97 Å². The van der Waals surface area contributed by atoms with Gasteiger partial charge in [0.25, 0.3) is 0 Å². The fourth-order valence-corrected chi connectivity index (χ4v) is 9.81. The molecule has 33 nitrogen and oxygen atoms in total. The zero-order valence-electron chi connectivity index (χ0n) is 39.5. The highest BCUT2D eigenvalue weighted by molar-refractivity contribution is 5.91. The second kappa shape index (κ2) is 25.4. The van der Waals surface area contributed by atoms with Crippen molar-refractivity contribution in [3.05, 3.63) is 29.8 Å². The molecule has 22 saturated heterocycles. The maximum Gasteiger partial charge on any atom is 0.376 e. The summed E-state index contributed by atoms with van der Waals surface area (Å²) in [4.78, 5) is 23.5. The van der Waals surface area contributed by atoms with E-state index in [4.69, 9.17) is 66.6 Å². The van der Waals surface area contributed by atoms with E-state index in [0.717, 1.165) is 12.1 Å². The van der Waals surface area contributed by atoms with Crippen molar-refractivity contribution in [2.24, 2.45) is 0 Å². The Bertz CT molecular complexity index is 2000. The van der Waals surface area contributed by atoms with Gasteiger partial charge in [-0.1, -0.05) is 12.1 Å². The molecule has 22 fully saturated rings. The fourth-order valence-electron chi connectivity index (χ4n) is 9.81. The van der Waals surface area contributed by atoms with E-state index in [9.17, 15) is 96.7 Å². The summed E-state index contributed by atoms with van der Waals surface area (Å²) in [5.74, 6) is -1.95. The maximum absolute atomic E-state index is 13.2. The molecule has 0 amide bonds. The van der Waals surface area contributed by atoms with Crippen molar-refractivity contribution < 1.29 is 163 Å². The van der Waals surface area contributed by atoms with E-state index in [1.165, 1.54) is 12.1 Å². The van der Waals surface area contributed by atoms with E-state index >= 15 is 0 Å². The molecule has 1 aromatic carbocycles. The molecule has 0 aromatic heterocycles. The Labute approximate surface area is 428 Å². The Morgan fingerprint density at radius 1 is 0.355 bits per heavy atom. The van der Waals surface area contributed by atoms with E-state index in [1.54, 1.807) is 0 Å². The molecule has 33 heteroatoms. The second-order valence-electron chi connectivity index (χ2n) is 18.8. The first-order valence-corrected chi connectivity index (χ1v) is 24.0. The first-order chi connectivity index (χ1) is 36.3. The molecule has 22 aliphatic heterocycles. The van der Waals surface area contributed by atoms with Crippen LogP contribution in [-0.2, 0) is 66.6 Å². The highest BCUT2D eigenvalue weighted by atomic mass is 17.2.